The van der Waals surface area contributed by atoms with Gasteiger partial charge in [0.05, 0.1) is 23.9 Å². The van der Waals surface area contributed by atoms with Gasteiger partial charge in [0.25, 0.3) is 0 Å². The van der Waals surface area contributed by atoms with Crippen LogP contribution >= 0.6 is 11.8 Å². The van der Waals surface area contributed by atoms with E-state index >= 15 is 24.0 Å². The summed E-state index contributed by atoms with van der Waals surface area (Å²) in [5.41, 5.74) is 19.4. The van der Waals surface area contributed by atoms with Gasteiger partial charge in [0.2, 0.25) is 47.3 Å². The Morgan fingerprint density at radius 1 is 0.598 bits per heavy atom. The summed E-state index contributed by atoms with van der Waals surface area (Å²) in [5.74, 6) is -5.03. The minimum atomic E-state index is -1.68. The highest BCUT2D eigenvalue weighted by Crippen LogP contribution is 2.45. The minimum absolute atomic E-state index is 0.00936. The fraction of sp³-hybridized carbons (Fsp3) is 0.432. The minimum Gasteiger partial charge on any atom is -0.508 e. The molecule has 29 heteroatoms. The number of carbonyl (C=O) groups excluding carboxylic acids is 9. The van der Waals surface area contributed by atoms with Gasteiger partial charge >= 0.3 is 0 Å². The number of phenolic OH excluding ortho intramolecular Hbond substituents is 2. The molecule has 4 heterocycles. The molecule has 13 atom stereocenters. The summed E-state index contributed by atoms with van der Waals surface area (Å²) >= 11 is 1.57. The predicted octanol–water partition coefficient (Wildman–Crippen LogP) is 5.11. The van der Waals surface area contributed by atoms with Crippen LogP contribution < -0.4 is 64.6 Å². The number of nitrogens with two attached hydrogens (primary N) is 2. The number of nitrogens with zero attached hydrogens (tertiary/aromatic N) is 1. The van der Waals surface area contributed by atoms with E-state index in [0.717, 1.165) is 47.1 Å². The molecule has 622 valence electrons. The molecule has 0 saturated carbocycles. The lowest BCUT2D eigenvalue weighted by Gasteiger charge is -2.45. The van der Waals surface area contributed by atoms with Crippen molar-refractivity contribution in [1.82, 2.24) is 68.0 Å². The van der Waals surface area contributed by atoms with Gasteiger partial charge < -0.3 is 94.8 Å². The molecule has 2 aliphatic heterocycles. The standard InChI is InChI=1S/C88H112N16O12S/c1-53(105)80-87(116)99-72(42-57-32-36-63(107)37-33-57)77(108)29-11-5-10-25-69(95-49-61(40-56-30-34-62(106)35-31-56)96-78(109)52-117-51-58-41-66-65-23-16-27-68-79(65)60(48-94-68)46-76(66)104(2)50-58)81(110)97-71(28-17-39-92-88(90)91)82(111)100-73(43-54-18-6-3-7-19-54)84(113)101-74(44-55-20-8-4-9-21-55)85(114)102-75(45-59-47-93-67-24-13-12-22-64(59)67)86(115)98-70(83(112)103-80)26-14-15-38-89/h3-4,6-9,12-13,16,18-24,27,30-37,47-48,53,58,61,66,69-76,80,93-95,105-107H,5,10-11,14-15,17,25-26,28-29,38-46,49-52,89H2,1-2H3,(H,96,109)(H,97,110)(H,98,115)(H,99,116)(H,100,111)(H,101,113)(H,102,114)(H,103,112)(H4,90,91,92)/t53-,58-,61+,66-,69-,70+,71+,72+,73+,74+,75-,76-,80+/m1/s1. The maximum absolute atomic E-state index is 15.5. The number of ketones is 1. The summed E-state index contributed by atoms with van der Waals surface area (Å²) in [6.07, 6.45) is 5.89. The number of benzene rings is 6. The Morgan fingerprint density at radius 2 is 1.15 bits per heavy atom. The van der Waals surface area contributed by atoms with Crippen molar-refractivity contribution in [2.45, 2.75) is 189 Å². The Morgan fingerprint density at radius 3 is 1.80 bits per heavy atom. The van der Waals surface area contributed by atoms with E-state index in [1.807, 2.05) is 24.3 Å². The van der Waals surface area contributed by atoms with Gasteiger partial charge in [0.1, 0.15) is 47.8 Å². The van der Waals surface area contributed by atoms with Crippen LogP contribution in [0.1, 0.15) is 122 Å². The van der Waals surface area contributed by atoms with Crippen LogP contribution in [-0.4, -0.2) is 200 Å². The molecular weight excluding hydrogens is 1510 g/mol. The Kier molecular flexibility index (Phi) is 31.6. The van der Waals surface area contributed by atoms with Gasteiger partial charge in [-0.3, -0.25) is 48.6 Å². The lowest BCUT2D eigenvalue weighted by Crippen LogP contribution is -2.62. The van der Waals surface area contributed by atoms with Crippen molar-refractivity contribution in [3.63, 3.8) is 0 Å². The second-order valence-corrected chi connectivity index (χ2v) is 32.4. The number of H-pyrrole nitrogens is 2. The van der Waals surface area contributed by atoms with E-state index in [-0.39, 0.29) is 119 Å². The molecule has 0 radical (unpaired) electrons. The molecule has 2 aromatic heterocycles. The van der Waals surface area contributed by atoms with E-state index in [0.29, 0.717) is 65.8 Å². The highest BCUT2D eigenvalue weighted by Gasteiger charge is 2.41. The number of unbranched alkanes of at least 4 members (excludes halogenated alkanes) is 1. The number of Topliss-reactive ketones (excluding diaryl/α,β-unsaturated/α-hetero) is 1. The average Bonchev–Trinajstić information content (AvgIpc) is 1.67. The Balaban J connectivity index is 0.907. The van der Waals surface area contributed by atoms with Crippen LogP contribution in [0.5, 0.6) is 11.5 Å². The summed E-state index contributed by atoms with van der Waals surface area (Å²) < 4.78 is 0. The molecule has 117 heavy (non-hydrogen) atoms. The van der Waals surface area contributed by atoms with Crippen LogP contribution in [0.15, 0.2) is 164 Å². The van der Waals surface area contributed by atoms with Crippen LogP contribution in [-0.2, 0) is 81.7 Å². The number of hydrogen-bond donors (Lipinski definition) is 18. The van der Waals surface area contributed by atoms with E-state index in [1.165, 1.54) is 35.6 Å². The number of para-hydroxylation sites is 1. The molecule has 20 N–H and O–H groups in total. The van der Waals surface area contributed by atoms with Crippen LogP contribution in [0.2, 0.25) is 0 Å². The molecule has 1 aliphatic carbocycles. The lowest BCUT2D eigenvalue weighted by molar-refractivity contribution is -0.136. The van der Waals surface area contributed by atoms with Crippen LogP contribution in [0.3, 0.4) is 0 Å². The van der Waals surface area contributed by atoms with E-state index in [1.54, 1.807) is 115 Å². The number of amides is 8. The number of likely N-dealkylation sites (N-methyl/N-ethyl adjacent to an activating group) is 1. The number of nitrogens with one attached hydrogen (secondary N) is 13. The van der Waals surface area contributed by atoms with E-state index < -0.39 is 108 Å². The smallest absolute Gasteiger partial charge is 0.245 e. The molecule has 11 rings (SSSR count). The van der Waals surface area contributed by atoms with Crippen LogP contribution in [0.4, 0.5) is 0 Å². The number of carbonyl (C=O) groups is 9. The summed E-state index contributed by atoms with van der Waals surface area (Å²) in [7, 11) is 2.19. The molecule has 2 fully saturated rings. The number of aromatic nitrogens is 2. The summed E-state index contributed by atoms with van der Waals surface area (Å²) in [6.45, 7) is 2.56. The van der Waals surface area contributed by atoms with E-state index in [9.17, 15) is 34.5 Å². The molecule has 2 saturated heterocycles. The molecule has 0 bridgehead atoms. The van der Waals surface area contributed by atoms with Gasteiger partial charge in [-0.25, -0.2) is 0 Å². The first kappa shape index (κ1) is 86.7. The first-order valence-electron chi connectivity index (χ1n) is 40.7. The number of hydrogen-bond acceptors (Lipinski definition) is 17. The number of fused-ring (bicyclic) bond motifs is 3. The van der Waals surface area contributed by atoms with Gasteiger partial charge in [-0.15, -0.1) is 0 Å². The topological polar surface area (TPSA) is 445 Å². The Hall–Kier alpha value is -11.1. The van der Waals surface area contributed by atoms with Crippen molar-refractivity contribution < 1.29 is 58.5 Å². The van der Waals surface area contributed by atoms with Crippen LogP contribution in [0.25, 0.3) is 21.8 Å². The molecule has 0 spiro atoms. The SMILES string of the molecule is C[C@@H](O)[C@@H]1NC(=O)[C@H](CCCCN)NC(=O)[C@@H](Cc2c[nH]c3ccccc23)NC(=O)[C@H](Cc2ccccc2)NC(=O)[C@H](Cc2ccccc2)NC(=O)[C@H](CCCNC(=N)N)NC(=O)[C@H](NC[C@H](Cc2ccc(O)cc2)NC(=O)CSC[C@@H]2C[C@@H]3c4cccc5[nH]cc(c45)C[C@H]3N(C)C2)CCCCCC(=O)[C@H](Cc2ccc(O)cc2)NC1=O. The number of guanidine groups is 1. The van der Waals surface area contributed by atoms with E-state index in [4.69, 9.17) is 16.9 Å². The monoisotopic (exact) mass is 1620 g/mol. The zero-order chi connectivity index (χ0) is 82.9. The van der Waals surface area contributed by atoms with Gasteiger partial charge in [0.15, 0.2) is 11.7 Å². The Bertz CT molecular complexity index is 4680. The molecule has 6 aromatic carbocycles. The first-order valence-corrected chi connectivity index (χ1v) is 41.9. The largest absolute Gasteiger partial charge is 0.508 e. The number of rotatable bonds is 27. The van der Waals surface area contributed by atoms with Crippen molar-refractivity contribution in [2.75, 3.05) is 44.7 Å². The fourth-order valence-corrected chi connectivity index (χ4v) is 17.2. The first-order chi connectivity index (χ1) is 56.5. The zero-order valence-electron chi connectivity index (χ0n) is 66.4. The van der Waals surface area contributed by atoms with E-state index in [2.05, 4.69) is 99.5 Å². The number of piperidine rings is 1. The highest BCUT2D eigenvalue weighted by molar-refractivity contribution is 7.99. The average molecular weight is 1620 g/mol. The van der Waals surface area contributed by atoms with Crippen molar-refractivity contribution in [3.8, 4) is 11.5 Å². The number of aromatic hydroxyl groups is 2. The van der Waals surface area contributed by atoms with Gasteiger partial charge in [-0.2, -0.15) is 11.8 Å². The third kappa shape index (κ3) is 25.0. The molecule has 8 aromatic rings. The molecule has 28 nitrogen and oxygen atoms in total. The number of aliphatic hydroxyl groups excluding tert-OH is 1. The third-order valence-electron chi connectivity index (χ3n) is 22.4. The normalized spacial score (nSPS) is 23.1. The second-order valence-electron chi connectivity index (χ2n) is 31.4. The number of aliphatic hydroxyl groups is 1. The zero-order valence-corrected chi connectivity index (χ0v) is 67.2. The molecule has 3 aliphatic rings. The second kappa shape index (κ2) is 42.7. The van der Waals surface area contributed by atoms with Gasteiger partial charge in [-0.05, 0) is 178 Å². The Labute approximate surface area is 686 Å². The molecule has 8 amide bonds. The quantitative estimate of drug-likeness (QED) is 0.0181. The van der Waals surface area contributed by atoms with Crippen molar-refractivity contribution >= 4 is 92.6 Å². The summed E-state index contributed by atoms with van der Waals surface area (Å²) in [5, 5.41) is 71.5. The maximum atomic E-state index is 15.5. The fourth-order valence-electron chi connectivity index (χ4n) is 16.3. The van der Waals surface area contributed by atoms with Crippen LogP contribution in [0, 0.1) is 11.3 Å². The number of phenols is 2. The number of aromatic amines is 2. The molecule has 0 unspecified atom stereocenters. The summed E-state index contributed by atoms with van der Waals surface area (Å²) in [6, 6.07) is 32.9. The summed E-state index contributed by atoms with van der Waals surface area (Å²) in [4.78, 5) is 145. The maximum Gasteiger partial charge on any atom is 0.245 e. The van der Waals surface area contributed by atoms with Gasteiger partial charge in [-0.1, -0.05) is 128 Å². The number of thioether (sulfide) groups is 1. The number of likely N-dealkylation sites (tertiary alicyclic amines) is 1. The van der Waals surface area contributed by atoms with Crippen molar-refractivity contribution in [1.29, 1.82) is 5.41 Å². The van der Waals surface area contributed by atoms with Crippen molar-refractivity contribution in [2.24, 2.45) is 17.4 Å². The van der Waals surface area contributed by atoms with Crippen molar-refractivity contribution in [3.05, 3.63) is 203 Å². The lowest BCUT2D eigenvalue weighted by atomic mass is 9.73. The predicted molar refractivity (Wildman–Crippen MR) is 452 cm³/mol. The molecular formula is C88H112N16O12S. The third-order valence-corrected chi connectivity index (χ3v) is 23.6. The highest BCUT2D eigenvalue weighted by atomic mass is 32.2. The van der Waals surface area contributed by atoms with Gasteiger partial charge in [0, 0.05) is 97.5 Å².